The second-order valence-corrected chi connectivity index (χ2v) is 9.81. The van der Waals surface area contributed by atoms with Crippen molar-refractivity contribution < 1.29 is 4.79 Å². The number of amides is 1. The van der Waals surface area contributed by atoms with Gasteiger partial charge in [0.2, 0.25) is 5.91 Å². The van der Waals surface area contributed by atoms with Crippen molar-refractivity contribution in [2.24, 2.45) is 17.3 Å². The molecule has 0 saturated heterocycles. The van der Waals surface area contributed by atoms with Crippen molar-refractivity contribution in [3.8, 4) is 11.1 Å². The van der Waals surface area contributed by atoms with Gasteiger partial charge in [-0.05, 0) is 70.9 Å². The summed E-state index contributed by atoms with van der Waals surface area (Å²) in [6, 6.07) is 15.2. The first-order chi connectivity index (χ1) is 13.9. The Bertz CT molecular complexity index is 959. The maximum atomic E-state index is 12.8. The van der Waals surface area contributed by atoms with E-state index in [1.165, 1.54) is 40.7 Å². The molecule has 0 unspecified atom stereocenters. The van der Waals surface area contributed by atoms with Gasteiger partial charge in [-0.25, -0.2) is 0 Å². The van der Waals surface area contributed by atoms with Crippen molar-refractivity contribution >= 4 is 29.1 Å². The van der Waals surface area contributed by atoms with Crippen molar-refractivity contribution in [1.29, 1.82) is 0 Å². The first kappa shape index (κ1) is 20.5. The molecule has 1 N–H and O–H groups in total. The number of carbonyl (C=O) groups excluding carboxylic acids is 1. The third kappa shape index (κ3) is 4.11. The summed E-state index contributed by atoms with van der Waals surface area (Å²) < 4.78 is 0.237. The lowest BCUT2D eigenvalue weighted by Crippen LogP contribution is -2.27. The molecule has 2 aliphatic carbocycles. The van der Waals surface area contributed by atoms with E-state index >= 15 is 0 Å². The number of aryl methyl sites for hydroxylation is 1. The Kier molecular flexibility index (Phi) is 5.77. The number of hydrogen-bond acceptors (Lipinski definition) is 1. The zero-order chi connectivity index (χ0) is 20.6. The Morgan fingerprint density at radius 3 is 2.59 bits per heavy atom. The Balaban J connectivity index is 1.55. The molecule has 2 aliphatic rings. The topological polar surface area (TPSA) is 29.1 Å². The second-order valence-electron chi connectivity index (χ2n) is 8.81. The largest absolute Gasteiger partial charge is 0.352 e. The summed E-state index contributed by atoms with van der Waals surface area (Å²) in [4.78, 5) is 12.8. The predicted molar refractivity (Wildman–Crippen MR) is 121 cm³/mol. The SMILES string of the molecule is CC1(C)[C@H](C(=O)NCc2cccc3c2CCCCc2ccccc2-3)[C@@H]1C=C(Cl)Cl. The lowest BCUT2D eigenvalue weighted by atomic mass is 9.85. The van der Waals surface area contributed by atoms with Gasteiger partial charge in [-0.2, -0.15) is 0 Å². The summed E-state index contributed by atoms with van der Waals surface area (Å²) in [7, 11) is 0. The number of benzene rings is 2. The molecule has 0 spiro atoms. The van der Waals surface area contributed by atoms with Crippen LogP contribution in [0.25, 0.3) is 11.1 Å². The van der Waals surface area contributed by atoms with E-state index in [2.05, 4.69) is 61.6 Å². The van der Waals surface area contributed by atoms with Gasteiger partial charge >= 0.3 is 0 Å². The van der Waals surface area contributed by atoms with E-state index in [-0.39, 0.29) is 27.6 Å². The summed E-state index contributed by atoms with van der Waals surface area (Å²) in [6.45, 7) is 4.73. The molecular formula is C25H27Cl2NO. The number of hydrogen-bond donors (Lipinski definition) is 1. The fourth-order valence-corrected chi connectivity index (χ4v) is 5.16. The summed E-state index contributed by atoms with van der Waals surface area (Å²) in [5.74, 6) is 0.0895. The summed E-state index contributed by atoms with van der Waals surface area (Å²) in [5, 5.41) is 3.18. The van der Waals surface area contributed by atoms with Crippen molar-refractivity contribution in [2.45, 2.75) is 46.1 Å². The highest BCUT2D eigenvalue weighted by atomic mass is 35.5. The van der Waals surface area contributed by atoms with E-state index in [0.717, 1.165) is 12.8 Å². The van der Waals surface area contributed by atoms with Crippen LogP contribution in [-0.2, 0) is 24.2 Å². The minimum Gasteiger partial charge on any atom is -0.352 e. The van der Waals surface area contributed by atoms with Crippen LogP contribution in [0.2, 0.25) is 0 Å². The molecule has 152 valence electrons. The van der Waals surface area contributed by atoms with Crippen LogP contribution in [0.1, 0.15) is 43.4 Å². The molecule has 0 heterocycles. The van der Waals surface area contributed by atoms with E-state index < -0.39 is 0 Å². The van der Waals surface area contributed by atoms with Crippen LogP contribution in [0.5, 0.6) is 0 Å². The minimum absolute atomic E-state index is 0.0784. The highest BCUT2D eigenvalue weighted by Gasteiger charge is 2.60. The standard InChI is InChI=1S/C25H27Cl2NO/c1-25(2)21(14-22(26)27)23(25)24(29)28-15-17-10-7-13-20-18-11-5-3-8-16(18)9-4-6-12-19(17)20/h3,5,7-8,10-11,13-14,21,23H,4,6,9,12,15H2,1-2H3,(H,28,29)/t21-,23-/m0/s1. The first-order valence-corrected chi connectivity index (χ1v) is 11.1. The number of allylic oxidation sites excluding steroid dienone is 1. The van der Waals surface area contributed by atoms with Crippen molar-refractivity contribution in [1.82, 2.24) is 5.32 Å². The molecule has 2 atom stereocenters. The summed E-state index contributed by atoms with van der Waals surface area (Å²) >= 11 is 11.7. The quantitative estimate of drug-likeness (QED) is 0.597. The second kappa shape index (κ2) is 8.16. The molecule has 29 heavy (non-hydrogen) atoms. The van der Waals surface area contributed by atoms with Gasteiger partial charge in [-0.1, -0.05) is 79.5 Å². The molecule has 0 aromatic heterocycles. The lowest BCUT2D eigenvalue weighted by molar-refractivity contribution is -0.123. The average molecular weight is 428 g/mol. The van der Waals surface area contributed by atoms with Crippen LogP contribution in [0, 0.1) is 17.3 Å². The maximum absolute atomic E-state index is 12.8. The molecule has 4 rings (SSSR count). The fourth-order valence-electron chi connectivity index (χ4n) is 4.88. The zero-order valence-electron chi connectivity index (χ0n) is 17.0. The zero-order valence-corrected chi connectivity index (χ0v) is 18.5. The van der Waals surface area contributed by atoms with Gasteiger partial charge in [0.25, 0.3) is 0 Å². The van der Waals surface area contributed by atoms with Crippen molar-refractivity contribution in [3.05, 3.63) is 69.7 Å². The molecule has 1 fully saturated rings. The van der Waals surface area contributed by atoms with Gasteiger partial charge < -0.3 is 5.32 Å². The van der Waals surface area contributed by atoms with Gasteiger partial charge in [0, 0.05) is 6.54 Å². The molecular weight excluding hydrogens is 401 g/mol. The highest BCUT2D eigenvalue weighted by molar-refractivity contribution is 6.55. The van der Waals surface area contributed by atoms with Gasteiger partial charge in [0.1, 0.15) is 4.49 Å². The Morgan fingerprint density at radius 2 is 1.79 bits per heavy atom. The van der Waals surface area contributed by atoms with Crippen molar-refractivity contribution in [3.63, 3.8) is 0 Å². The number of halogens is 2. The van der Waals surface area contributed by atoms with E-state index in [4.69, 9.17) is 23.2 Å². The Hall–Kier alpha value is -1.77. The molecule has 2 nitrogen and oxygen atoms in total. The number of fused-ring (bicyclic) bond motifs is 3. The van der Waals surface area contributed by atoms with Crippen molar-refractivity contribution in [2.75, 3.05) is 0 Å². The Labute approximate surface area is 183 Å². The molecule has 2 aromatic carbocycles. The van der Waals surface area contributed by atoms with E-state index in [0.29, 0.717) is 6.54 Å². The van der Waals surface area contributed by atoms with Crippen LogP contribution in [0.3, 0.4) is 0 Å². The third-order valence-electron chi connectivity index (χ3n) is 6.66. The number of rotatable bonds is 4. The fraction of sp³-hybridized carbons (Fsp3) is 0.400. The molecule has 0 bridgehead atoms. The molecule has 0 radical (unpaired) electrons. The summed E-state index contributed by atoms with van der Waals surface area (Å²) in [5.41, 5.74) is 6.55. The third-order valence-corrected chi connectivity index (χ3v) is 6.91. The van der Waals surface area contributed by atoms with Gasteiger partial charge in [0.05, 0.1) is 5.92 Å². The highest BCUT2D eigenvalue weighted by Crippen LogP contribution is 2.59. The lowest BCUT2D eigenvalue weighted by Gasteiger charge is -2.20. The molecule has 1 amide bonds. The summed E-state index contributed by atoms with van der Waals surface area (Å²) in [6.07, 6.45) is 6.34. The van der Waals surface area contributed by atoms with E-state index in [1.54, 1.807) is 6.08 Å². The van der Waals surface area contributed by atoms with Crippen LogP contribution in [-0.4, -0.2) is 5.91 Å². The first-order valence-electron chi connectivity index (χ1n) is 10.4. The van der Waals surface area contributed by atoms with E-state index in [1.807, 2.05) is 0 Å². The van der Waals surface area contributed by atoms with Gasteiger partial charge in [-0.15, -0.1) is 0 Å². The van der Waals surface area contributed by atoms with Crippen LogP contribution >= 0.6 is 23.2 Å². The smallest absolute Gasteiger partial charge is 0.224 e. The molecule has 4 heteroatoms. The number of nitrogens with one attached hydrogen (secondary N) is 1. The molecule has 0 aliphatic heterocycles. The van der Waals surface area contributed by atoms with Crippen LogP contribution in [0.15, 0.2) is 53.0 Å². The molecule has 1 saturated carbocycles. The average Bonchev–Trinajstić information content (AvgIpc) is 3.21. The Morgan fingerprint density at radius 1 is 1.07 bits per heavy atom. The molecule has 2 aromatic rings. The van der Waals surface area contributed by atoms with Gasteiger partial charge in [0.15, 0.2) is 0 Å². The maximum Gasteiger partial charge on any atom is 0.224 e. The minimum atomic E-state index is -0.108. The monoisotopic (exact) mass is 427 g/mol. The van der Waals surface area contributed by atoms with Crippen LogP contribution in [0.4, 0.5) is 0 Å². The number of carbonyl (C=O) groups is 1. The predicted octanol–water partition coefficient (Wildman–Crippen LogP) is 6.44. The van der Waals surface area contributed by atoms with Crippen LogP contribution < -0.4 is 5.32 Å². The normalized spacial score (nSPS) is 21.8. The van der Waals surface area contributed by atoms with E-state index in [9.17, 15) is 4.79 Å². The van der Waals surface area contributed by atoms with Gasteiger partial charge in [-0.3, -0.25) is 4.79 Å².